The first-order valence-electron chi connectivity index (χ1n) is 3.66. The van der Waals surface area contributed by atoms with Gasteiger partial charge in [-0.25, -0.2) is 13.6 Å². The van der Waals surface area contributed by atoms with Crippen LogP contribution in [0.15, 0.2) is 18.2 Å². The fourth-order valence-electron chi connectivity index (χ4n) is 0.511. The summed E-state index contributed by atoms with van der Waals surface area (Å²) >= 11 is 0. The van der Waals surface area contributed by atoms with Crippen molar-refractivity contribution in [3.63, 3.8) is 0 Å². The van der Waals surface area contributed by atoms with E-state index in [1.807, 2.05) is 0 Å². The van der Waals surface area contributed by atoms with Gasteiger partial charge in [0.1, 0.15) is 17.3 Å². The number of benzene rings is 1. The van der Waals surface area contributed by atoms with Crippen LogP contribution in [-0.4, -0.2) is 17.3 Å². The first kappa shape index (κ1) is 14.1. The maximum Gasteiger partial charge on any atom is 0.490 e. The van der Waals surface area contributed by atoms with Gasteiger partial charge >= 0.3 is 12.1 Å². The third-order valence-electron chi connectivity index (χ3n) is 1.24. The number of rotatable bonds is 0. The highest BCUT2D eigenvalue weighted by molar-refractivity contribution is 5.73. The summed E-state index contributed by atoms with van der Waals surface area (Å²) in [6.07, 6.45) is -5.08. The smallest absolute Gasteiger partial charge is 0.475 e. The molecule has 0 atom stereocenters. The predicted octanol–water partition coefficient (Wildman–Crippen LogP) is 2.18. The molecule has 0 spiro atoms. The van der Waals surface area contributed by atoms with Crippen molar-refractivity contribution in [1.82, 2.24) is 0 Å². The van der Waals surface area contributed by atoms with Gasteiger partial charge in [-0.3, -0.25) is 0 Å². The van der Waals surface area contributed by atoms with Gasteiger partial charge in [0.05, 0.1) is 0 Å². The molecule has 3 N–H and O–H groups in total. The number of hydrogen-bond acceptors (Lipinski definition) is 2. The lowest BCUT2D eigenvalue weighted by atomic mass is 10.3. The van der Waals surface area contributed by atoms with Gasteiger partial charge in [-0.05, 0) is 12.1 Å². The third kappa shape index (κ3) is 4.58. The molecule has 0 aliphatic carbocycles. The minimum absolute atomic E-state index is 0.419. The summed E-state index contributed by atoms with van der Waals surface area (Å²) in [5, 5.41) is 7.12. The number of nitrogens with two attached hydrogens (primary N) is 1. The van der Waals surface area contributed by atoms with Crippen LogP contribution in [0.3, 0.4) is 0 Å². The van der Waals surface area contributed by atoms with Crippen LogP contribution >= 0.6 is 0 Å². The van der Waals surface area contributed by atoms with Crippen molar-refractivity contribution in [2.24, 2.45) is 0 Å². The number of hydrogen-bond donors (Lipinski definition) is 2. The highest BCUT2D eigenvalue weighted by Crippen LogP contribution is 2.13. The van der Waals surface area contributed by atoms with E-state index in [9.17, 15) is 22.0 Å². The van der Waals surface area contributed by atoms with Gasteiger partial charge in [-0.2, -0.15) is 13.2 Å². The van der Waals surface area contributed by atoms with E-state index < -0.39 is 29.5 Å². The van der Waals surface area contributed by atoms with Crippen LogP contribution in [0.5, 0.6) is 0 Å². The zero-order chi connectivity index (χ0) is 12.9. The average Bonchev–Trinajstić information content (AvgIpc) is 2.13. The van der Waals surface area contributed by atoms with Gasteiger partial charge in [0.25, 0.3) is 0 Å². The lowest BCUT2D eigenvalue weighted by Crippen LogP contribution is -2.21. The summed E-state index contributed by atoms with van der Waals surface area (Å²) < 4.78 is 56.2. The fourth-order valence-corrected chi connectivity index (χ4v) is 0.511. The van der Waals surface area contributed by atoms with Crippen LogP contribution in [0.1, 0.15) is 0 Å². The monoisotopic (exact) mass is 243 g/mol. The summed E-state index contributed by atoms with van der Waals surface area (Å²) in [6.45, 7) is 0. The van der Waals surface area contributed by atoms with E-state index >= 15 is 0 Å². The van der Waals surface area contributed by atoms with Crippen LogP contribution in [-0.2, 0) is 4.79 Å². The second kappa shape index (κ2) is 5.29. The molecule has 1 aromatic carbocycles. The third-order valence-corrected chi connectivity index (χ3v) is 1.24. The maximum absolute atomic E-state index is 12.2. The number of anilines is 1. The van der Waals surface area contributed by atoms with Crippen molar-refractivity contribution < 1.29 is 31.9 Å². The number of alkyl halides is 3. The lowest BCUT2D eigenvalue weighted by Gasteiger charge is -1.94. The highest BCUT2D eigenvalue weighted by Gasteiger charge is 2.38. The zero-order valence-electron chi connectivity index (χ0n) is 7.55. The van der Waals surface area contributed by atoms with Crippen LogP contribution in [0.4, 0.5) is 27.6 Å². The van der Waals surface area contributed by atoms with Crippen molar-refractivity contribution in [3.05, 3.63) is 29.8 Å². The van der Waals surface area contributed by atoms with Gasteiger partial charge in [0, 0.05) is 0 Å². The number of carbonyl (C=O) groups is 1. The molecule has 16 heavy (non-hydrogen) atoms. The number of carboxylic acids is 1. The van der Waals surface area contributed by atoms with E-state index in [2.05, 4.69) is 0 Å². The SMILES string of the molecule is Nc1c(F)cccc1F.O=C(O)C(F)(F)F. The van der Waals surface area contributed by atoms with Crippen LogP contribution in [0.2, 0.25) is 0 Å². The van der Waals surface area contributed by atoms with Gasteiger partial charge in [-0.15, -0.1) is 0 Å². The quantitative estimate of drug-likeness (QED) is 0.542. The number of para-hydroxylation sites is 1. The van der Waals surface area contributed by atoms with Crippen molar-refractivity contribution in [3.8, 4) is 0 Å². The van der Waals surface area contributed by atoms with Gasteiger partial charge in [0.15, 0.2) is 0 Å². The molecule has 0 radical (unpaired) electrons. The highest BCUT2D eigenvalue weighted by atomic mass is 19.4. The molecule has 0 heterocycles. The molecule has 3 nitrogen and oxygen atoms in total. The van der Waals surface area contributed by atoms with Crippen molar-refractivity contribution in [2.45, 2.75) is 6.18 Å². The second-order valence-corrected chi connectivity index (χ2v) is 2.44. The first-order chi connectivity index (χ1) is 7.16. The Labute approximate surface area is 86.3 Å². The maximum atomic E-state index is 12.2. The van der Waals surface area contributed by atoms with E-state index in [0.29, 0.717) is 0 Å². The molecule has 0 saturated heterocycles. The summed E-state index contributed by atoms with van der Waals surface area (Å²) in [4.78, 5) is 8.90. The molecule has 0 unspecified atom stereocenters. The summed E-state index contributed by atoms with van der Waals surface area (Å²) in [5.41, 5.74) is 4.51. The van der Waals surface area contributed by atoms with Gasteiger partial charge in [0.2, 0.25) is 0 Å². The molecule has 0 aliphatic heterocycles. The Morgan fingerprint density at radius 2 is 1.50 bits per heavy atom. The van der Waals surface area contributed by atoms with E-state index in [-0.39, 0.29) is 0 Å². The van der Waals surface area contributed by atoms with Gasteiger partial charge in [-0.1, -0.05) is 6.07 Å². The van der Waals surface area contributed by atoms with Crippen molar-refractivity contribution in [1.29, 1.82) is 0 Å². The molecule has 0 aliphatic rings. The topological polar surface area (TPSA) is 63.3 Å². The Morgan fingerprint density at radius 1 is 1.19 bits per heavy atom. The Bertz CT molecular complexity index is 357. The lowest BCUT2D eigenvalue weighted by molar-refractivity contribution is -0.192. The molecule has 0 saturated carbocycles. The van der Waals surface area contributed by atoms with Crippen LogP contribution < -0.4 is 5.73 Å². The summed E-state index contributed by atoms with van der Waals surface area (Å²) in [6, 6.07) is 3.48. The van der Waals surface area contributed by atoms with E-state index in [0.717, 1.165) is 12.1 Å². The standard InChI is InChI=1S/C6H5F2N.C2HF3O2/c7-4-2-1-3-5(8)6(4)9;3-2(4,5)1(6)7/h1-3H,9H2;(H,6,7). The van der Waals surface area contributed by atoms with Crippen LogP contribution in [0.25, 0.3) is 0 Å². The largest absolute Gasteiger partial charge is 0.490 e. The molecule has 1 rings (SSSR count). The molecular formula is C8H6F5NO2. The Hall–Kier alpha value is -1.86. The molecular weight excluding hydrogens is 237 g/mol. The molecule has 8 heteroatoms. The summed E-state index contributed by atoms with van der Waals surface area (Å²) in [7, 11) is 0. The molecule has 0 amide bonds. The van der Waals surface area contributed by atoms with Crippen LogP contribution in [0, 0.1) is 11.6 Å². The zero-order valence-corrected chi connectivity index (χ0v) is 7.55. The minimum Gasteiger partial charge on any atom is -0.475 e. The van der Waals surface area contributed by atoms with E-state index in [1.54, 1.807) is 0 Å². The molecule has 90 valence electrons. The Morgan fingerprint density at radius 3 is 1.69 bits per heavy atom. The average molecular weight is 243 g/mol. The van der Waals surface area contributed by atoms with E-state index in [1.165, 1.54) is 6.07 Å². The Kier molecular flexibility index (Phi) is 4.67. The van der Waals surface area contributed by atoms with Gasteiger partial charge < -0.3 is 10.8 Å². The van der Waals surface area contributed by atoms with Crippen molar-refractivity contribution in [2.75, 3.05) is 5.73 Å². The number of carboxylic acid groups (broad SMARTS) is 1. The Balaban J connectivity index is 0.000000293. The molecule has 1 aromatic rings. The van der Waals surface area contributed by atoms with E-state index in [4.69, 9.17) is 15.6 Å². The molecule has 0 fully saturated rings. The summed E-state index contributed by atoms with van der Waals surface area (Å²) in [5.74, 6) is -4.18. The molecule has 0 bridgehead atoms. The number of aliphatic carboxylic acids is 1. The second-order valence-electron chi connectivity index (χ2n) is 2.44. The number of halogens is 5. The van der Waals surface area contributed by atoms with Crippen molar-refractivity contribution >= 4 is 11.7 Å². The normalized spacial score (nSPS) is 10.3. The molecule has 0 aromatic heterocycles. The predicted molar refractivity (Wildman–Crippen MR) is 44.5 cm³/mol. The fraction of sp³-hybridized carbons (Fsp3) is 0.125. The number of nitrogen functional groups attached to an aromatic ring is 1. The first-order valence-corrected chi connectivity index (χ1v) is 3.66. The minimum atomic E-state index is -5.08.